The number of benzene rings is 2. The van der Waals surface area contributed by atoms with Gasteiger partial charge in [0.2, 0.25) is 0 Å². The molecule has 0 unspecified atom stereocenters. The molecule has 2 aromatic carbocycles. The Morgan fingerprint density at radius 3 is 2.76 bits per heavy atom. The van der Waals surface area contributed by atoms with Crippen LogP contribution in [0.4, 0.5) is 10.1 Å². The highest BCUT2D eigenvalue weighted by molar-refractivity contribution is 6.43. The summed E-state index contributed by atoms with van der Waals surface area (Å²) in [7, 11) is 3.17. The van der Waals surface area contributed by atoms with Crippen LogP contribution in [0, 0.1) is 5.82 Å². The summed E-state index contributed by atoms with van der Waals surface area (Å²) in [6.45, 7) is 0.221. The molecule has 128 valence electrons. The zero-order valence-corrected chi connectivity index (χ0v) is 14.5. The zero-order valence-electron chi connectivity index (χ0n) is 13.8. The van der Waals surface area contributed by atoms with Gasteiger partial charge < -0.3 is 10.2 Å². The molecule has 0 atom stereocenters. The smallest absolute Gasteiger partial charge is 0.189 e. The Kier molecular flexibility index (Phi) is 5.09. The first-order chi connectivity index (χ1) is 12.1. The molecule has 2 aromatic rings. The molecule has 1 aliphatic rings. The molecule has 0 bridgehead atoms. The summed E-state index contributed by atoms with van der Waals surface area (Å²) in [6.07, 6.45) is 0. The number of nitrogens with zero attached hydrogens (tertiary/aromatic N) is 3. The van der Waals surface area contributed by atoms with Gasteiger partial charge in [-0.3, -0.25) is 4.99 Å². The van der Waals surface area contributed by atoms with Crippen LogP contribution in [0.15, 0.2) is 57.6 Å². The van der Waals surface area contributed by atoms with Gasteiger partial charge in [-0.25, -0.2) is 9.38 Å². The number of hydrogen-bond acceptors (Lipinski definition) is 4. The average Bonchev–Trinajstić information content (AvgIpc) is 2.79. The molecule has 1 aliphatic heterocycles. The second-order valence-corrected chi connectivity index (χ2v) is 5.67. The van der Waals surface area contributed by atoms with Crippen LogP contribution in [-0.4, -0.2) is 38.0 Å². The summed E-state index contributed by atoms with van der Waals surface area (Å²) in [5.41, 5.74) is 2.79. The summed E-state index contributed by atoms with van der Waals surface area (Å²) < 4.78 is 14.3. The molecule has 1 heterocycles. The molecule has 25 heavy (non-hydrogen) atoms. The minimum absolute atomic E-state index is 0.221. The van der Waals surface area contributed by atoms with Gasteiger partial charge in [-0.05, 0) is 30.3 Å². The molecular weight excluding hydrogens is 343 g/mol. The third kappa shape index (κ3) is 3.53. The fraction of sp³-hybridized carbons (Fsp3) is 0.167. The quantitative estimate of drug-likeness (QED) is 0.518. The average molecular weight is 359 g/mol. The maximum Gasteiger partial charge on any atom is 0.189 e. The Hall–Kier alpha value is -2.73. The predicted molar refractivity (Wildman–Crippen MR) is 99.0 cm³/mol. The molecule has 7 heteroatoms. The van der Waals surface area contributed by atoms with Crippen LogP contribution in [-0.2, 0) is 4.84 Å². The van der Waals surface area contributed by atoms with Gasteiger partial charge in [0.25, 0.3) is 0 Å². The standard InChI is InChI=1S/C18H16ClFN4O/c1-21-18(24-25-2)16-10-22-17(12-5-3-4-6-14(12)20)13-9-11(19)7-8-15(13)23-16/h3-9H,10H2,1-2H3,(H,21,24). The van der Waals surface area contributed by atoms with Crippen molar-refractivity contribution in [2.24, 2.45) is 15.1 Å². The van der Waals surface area contributed by atoms with Gasteiger partial charge in [-0.1, -0.05) is 28.9 Å². The van der Waals surface area contributed by atoms with E-state index < -0.39 is 0 Å². The molecule has 0 saturated heterocycles. The minimum Gasteiger partial charge on any atom is -0.397 e. The molecule has 1 N–H and O–H groups in total. The number of oxime groups is 1. The second-order valence-electron chi connectivity index (χ2n) is 5.24. The van der Waals surface area contributed by atoms with Crippen molar-refractivity contribution in [3.05, 3.63) is 64.4 Å². The highest BCUT2D eigenvalue weighted by Crippen LogP contribution is 2.29. The van der Waals surface area contributed by atoms with E-state index in [1.807, 2.05) is 0 Å². The van der Waals surface area contributed by atoms with E-state index in [4.69, 9.17) is 16.4 Å². The van der Waals surface area contributed by atoms with Gasteiger partial charge >= 0.3 is 0 Å². The highest BCUT2D eigenvalue weighted by atomic mass is 35.5. The Morgan fingerprint density at radius 1 is 1.24 bits per heavy atom. The van der Waals surface area contributed by atoms with Crippen LogP contribution in [0.2, 0.25) is 5.02 Å². The van der Waals surface area contributed by atoms with Crippen molar-refractivity contribution < 1.29 is 9.23 Å². The topological polar surface area (TPSA) is 58.3 Å². The molecule has 0 saturated carbocycles. The summed E-state index contributed by atoms with van der Waals surface area (Å²) >= 11 is 6.15. The lowest BCUT2D eigenvalue weighted by Gasteiger charge is -2.09. The van der Waals surface area contributed by atoms with Crippen molar-refractivity contribution in [3.8, 4) is 0 Å². The lowest BCUT2D eigenvalue weighted by Crippen LogP contribution is -2.30. The number of amidine groups is 1. The summed E-state index contributed by atoms with van der Waals surface area (Å²) in [6, 6.07) is 11.7. The number of fused-ring (bicyclic) bond motifs is 1. The van der Waals surface area contributed by atoms with Gasteiger partial charge in [0.05, 0.1) is 17.9 Å². The van der Waals surface area contributed by atoms with Gasteiger partial charge in [0.1, 0.15) is 18.6 Å². The lowest BCUT2D eigenvalue weighted by atomic mass is 10.0. The van der Waals surface area contributed by atoms with Crippen LogP contribution in [0.5, 0.6) is 0 Å². The van der Waals surface area contributed by atoms with Gasteiger partial charge in [0, 0.05) is 23.2 Å². The predicted octanol–water partition coefficient (Wildman–Crippen LogP) is 3.58. The number of aliphatic imine (C=N–C) groups is 2. The van der Waals surface area contributed by atoms with Crippen LogP contribution in [0.25, 0.3) is 0 Å². The molecule has 3 rings (SSSR count). The summed E-state index contributed by atoms with van der Waals surface area (Å²) in [5, 5.41) is 7.38. The molecule has 0 amide bonds. The SMILES string of the molecule is CN/C(=N\OC)C1=Nc2ccc(Cl)cc2C(c2ccccc2F)=NC1. The first-order valence-electron chi connectivity index (χ1n) is 7.60. The Balaban J connectivity index is 2.19. The van der Waals surface area contributed by atoms with Crippen LogP contribution in [0.3, 0.4) is 0 Å². The lowest BCUT2D eigenvalue weighted by molar-refractivity contribution is 0.213. The Morgan fingerprint density at radius 2 is 2.04 bits per heavy atom. The largest absolute Gasteiger partial charge is 0.397 e. The zero-order chi connectivity index (χ0) is 17.8. The van der Waals surface area contributed by atoms with Crippen molar-refractivity contribution in [3.63, 3.8) is 0 Å². The van der Waals surface area contributed by atoms with E-state index in [0.29, 0.717) is 39.1 Å². The fourth-order valence-electron chi connectivity index (χ4n) is 2.56. The number of hydrogen-bond donors (Lipinski definition) is 1. The third-order valence-electron chi connectivity index (χ3n) is 3.68. The number of nitrogens with one attached hydrogen (secondary N) is 1. The monoisotopic (exact) mass is 358 g/mol. The minimum atomic E-state index is -0.352. The number of rotatable bonds is 3. The van der Waals surface area contributed by atoms with E-state index in [0.717, 1.165) is 0 Å². The fourth-order valence-corrected chi connectivity index (χ4v) is 2.73. The van der Waals surface area contributed by atoms with E-state index in [1.165, 1.54) is 13.2 Å². The van der Waals surface area contributed by atoms with Crippen LogP contribution in [0.1, 0.15) is 11.1 Å². The van der Waals surface area contributed by atoms with Gasteiger partial charge in [0.15, 0.2) is 5.84 Å². The van der Waals surface area contributed by atoms with Crippen molar-refractivity contribution in [1.29, 1.82) is 0 Å². The molecule has 0 aromatic heterocycles. The van der Waals surface area contributed by atoms with Crippen molar-refractivity contribution in [2.45, 2.75) is 0 Å². The molecule has 5 nitrogen and oxygen atoms in total. The maximum absolute atomic E-state index is 14.3. The van der Waals surface area contributed by atoms with Gasteiger partial charge in [-0.15, -0.1) is 0 Å². The van der Waals surface area contributed by atoms with E-state index >= 15 is 0 Å². The Bertz CT molecular complexity index is 892. The maximum atomic E-state index is 14.3. The Labute approximate surface area is 149 Å². The van der Waals surface area contributed by atoms with Crippen molar-refractivity contribution in [2.75, 3.05) is 20.7 Å². The van der Waals surface area contributed by atoms with E-state index in [2.05, 4.69) is 20.5 Å². The summed E-state index contributed by atoms with van der Waals surface area (Å²) in [5.74, 6) is 0.108. The normalized spacial score (nSPS) is 14.2. The molecule has 0 aliphatic carbocycles. The molecule has 0 radical (unpaired) electrons. The van der Waals surface area contributed by atoms with Crippen LogP contribution >= 0.6 is 11.6 Å². The molecule has 0 spiro atoms. The van der Waals surface area contributed by atoms with E-state index in [-0.39, 0.29) is 12.4 Å². The van der Waals surface area contributed by atoms with Gasteiger partial charge in [-0.2, -0.15) is 0 Å². The van der Waals surface area contributed by atoms with Crippen molar-refractivity contribution >= 4 is 34.5 Å². The van der Waals surface area contributed by atoms with E-state index in [9.17, 15) is 4.39 Å². The molecule has 0 fully saturated rings. The van der Waals surface area contributed by atoms with E-state index in [1.54, 1.807) is 43.4 Å². The number of halogens is 2. The van der Waals surface area contributed by atoms with Crippen LogP contribution < -0.4 is 5.32 Å². The third-order valence-corrected chi connectivity index (χ3v) is 3.91. The molecular formula is C18H16ClFN4O. The first kappa shape index (κ1) is 17.1. The highest BCUT2D eigenvalue weighted by Gasteiger charge is 2.20. The first-order valence-corrected chi connectivity index (χ1v) is 7.98. The summed E-state index contributed by atoms with van der Waals surface area (Å²) in [4.78, 5) is 14.0. The second kappa shape index (κ2) is 7.44. The van der Waals surface area contributed by atoms with Crippen molar-refractivity contribution in [1.82, 2.24) is 5.32 Å².